The molecule has 2 aromatic rings. The molecule has 0 aliphatic carbocycles. The van der Waals surface area contributed by atoms with Crippen molar-refractivity contribution in [2.75, 3.05) is 19.6 Å². The molecule has 0 saturated carbocycles. The average Bonchev–Trinajstić information content (AvgIpc) is 2.97. The van der Waals surface area contributed by atoms with Crippen molar-refractivity contribution in [3.63, 3.8) is 0 Å². The van der Waals surface area contributed by atoms with E-state index in [1.54, 1.807) is 0 Å². The lowest BCUT2D eigenvalue weighted by molar-refractivity contribution is -0.0741. The second kappa shape index (κ2) is 6.72. The molecular weight excluding hydrogens is 312 g/mol. The first kappa shape index (κ1) is 17.0. The van der Waals surface area contributed by atoms with Gasteiger partial charge in [-0.05, 0) is 38.3 Å². The summed E-state index contributed by atoms with van der Waals surface area (Å²) in [6.45, 7) is 11.3. The topological polar surface area (TPSA) is 43.7 Å². The lowest BCUT2D eigenvalue weighted by atomic mass is 10.1. The number of hydrogen-bond donors (Lipinski definition) is 2. The molecule has 2 aliphatic rings. The van der Waals surface area contributed by atoms with Gasteiger partial charge in [-0.15, -0.1) is 0 Å². The Morgan fingerprint density at radius 3 is 2.56 bits per heavy atom. The number of rotatable bonds is 3. The highest BCUT2D eigenvalue weighted by Crippen LogP contribution is 2.26. The van der Waals surface area contributed by atoms with Gasteiger partial charge in [0.25, 0.3) is 0 Å². The number of aliphatic hydroxyl groups is 1. The highest BCUT2D eigenvalue weighted by molar-refractivity contribution is 5.81. The standard InChI is InChI=1S/C20H30N4O/c1-14-11-23(12-15(2)21-14)16(3)20(25)22-8-9-24-18(13-22)10-17-6-4-5-7-19(17)24/h4-7,10,14-16,20-21,25H,8-9,11-13H2,1-3H3/t14-,15+,16?,20?. The summed E-state index contributed by atoms with van der Waals surface area (Å²) < 4.78 is 2.40. The van der Waals surface area contributed by atoms with Crippen LogP contribution in [0, 0.1) is 0 Å². The average molecular weight is 342 g/mol. The first-order valence-electron chi connectivity index (χ1n) is 9.52. The van der Waals surface area contributed by atoms with Gasteiger partial charge in [-0.3, -0.25) is 9.80 Å². The van der Waals surface area contributed by atoms with E-state index in [1.807, 2.05) is 0 Å². The Hall–Kier alpha value is -1.40. The zero-order valence-electron chi connectivity index (χ0n) is 15.5. The highest BCUT2D eigenvalue weighted by atomic mass is 16.3. The molecule has 1 aromatic heterocycles. The molecule has 3 heterocycles. The summed E-state index contributed by atoms with van der Waals surface area (Å²) in [6.07, 6.45) is -0.427. The Morgan fingerprint density at radius 2 is 1.80 bits per heavy atom. The molecule has 5 nitrogen and oxygen atoms in total. The van der Waals surface area contributed by atoms with Crippen LogP contribution in [0.2, 0.25) is 0 Å². The van der Waals surface area contributed by atoms with Gasteiger partial charge in [0.2, 0.25) is 0 Å². The van der Waals surface area contributed by atoms with E-state index < -0.39 is 6.23 Å². The maximum Gasteiger partial charge on any atom is 0.123 e. The fraction of sp³-hybridized carbons (Fsp3) is 0.600. The van der Waals surface area contributed by atoms with E-state index in [0.29, 0.717) is 12.1 Å². The molecule has 5 heteroatoms. The first-order chi connectivity index (χ1) is 12.0. The zero-order valence-corrected chi connectivity index (χ0v) is 15.5. The van der Waals surface area contributed by atoms with Crippen molar-refractivity contribution in [1.82, 2.24) is 19.7 Å². The Bertz CT molecular complexity index is 732. The van der Waals surface area contributed by atoms with Crippen LogP contribution in [0.1, 0.15) is 26.5 Å². The summed E-state index contributed by atoms with van der Waals surface area (Å²) in [5.74, 6) is 0. The second-order valence-corrected chi connectivity index (χ2v) is 7.89. The van der Waals surface area contributed by atoms with Gasteiger partial charge in [-0.2, -0.15) is 0 Å². The van der Waals surface area contributed by atoms with Gasteiger partial charge in [0.1, 0.15) is 6.23 Å². The first-order valence-corrected chi connectivity index (χ1v) is 9.52. The van der Waals surface area contributed by atoms with Crippen LogP contribution in [0.4, 0.5) is 0 Å². The summed E-state index contributed by atoms with van der Waals surface area (Å²) in [5.41, 5.74) is 2.62. The van der Waals surface area contributed by atoms with Crippen LogP contribution in [-0.4, -0.2) is 63.5 Å². The summed E-state index contributed by atoms with van der Waals surface area (Å²) in [5, 5.41) is 15.9. The second-order valence-electron chi connectivity index (χ2n) is 7.89. The number of fused-ring (bicyclic) bond motifs is 3. The molecule has 2 unspecified atom stereocenters. The molecule has 4 rings (SSSR count). The van der Waals surface area contributed by atoms with Crippen molar-refractivity contribution in [3.8, 4) is 0 Å². The third kappa shape index (κ3) is 3.22. The normalized spacial score (nSPS) is 28.0. The number of hydrogen-bond acceptors (Lipinski definition) is 4. The van der Waals surface area contributed by atoms with E-state index in [1.165, 1.54) is 16.6 Å². The summed E-state index contributed by atoms with van der Waals surface area (Å²) in [4.78, 5) is 4.66. The number of benzene rings is 1. The van der Waals surface area contributed by atoms with Gasteiger partial charge in [0, 0.05) is 62.1 Å². The lowest BCUT2D eigenvalue weighted by Gasteiger charge is -2.44. The zero-order chi connectivity index (χ0) is 17.6. The molecule has 0 amide bonds. The summed E-state index contributed by atoms with van der Waals surface area (Å²) >= 11 is 0. The molecular formula is C20H30N4O. The number of para-hydroxylation sites is 1. The lowest BCUT2D eigenvalue weighted by Crippen LogP contribution is -2.61. The fourth-order valence-corrected chi connectivity index (χ4v) is 4.60. The Labute approximate surface area is 150 Å². The predicted octanol–water partition coefficient (Wildman–Crippen LogP) is 1.85. The van der Waals surface area contributed by atoms with E-state index in [2.05, 4.69) is 70.8 Å². The molecule has 0 bridgehead atoms. The largest absolute Gasteiger partial charge is 0.377 e. The third-order valence-electron chi connectivity index (χ3n) is 5.84. The van der Waals surface area contributed by atoms with Crippen molar-refractivity contribution >= 4 is 10.9 Å². The summed E-state index contributed by atoms with van der Waals surface area (Å²) in [6, 6.07) is 11.9. The van der Waals surface area contributed by atoms with Gasteiger partial charge >= 0.3 is 0 Å². The number of piperazine rings is 1. The van der Waals surface area contributed by atoms with Crippen molar-refractivity contribution in [2.24, 2.45) is 0 Å². The molecule has 1 saturated heterocycles. The summed E-state index contributed by atoms with van der Waals surface area (Å²) in [7, 11) is 0. The van der Waals surface area contributed by atoms with Crippen molar-refractivity contribution in [3.05, 3.63) is 36.0 Å². The van der Waals surface area contributed by atoms with E-state index in [9.17, 15) is 5.11 Å². The van der Waals surface area contributed by atoms with Crippen LogP contribution in [-0.2, 0) is 13.1 Å². The predicted molar refractivity (Wildman–Crippen MR) is 101 cm³/mol. The number of nitrogens with zero attached hydrogens (tertiary/aromatic N) is 3. The van der Waals surface area contributed by atoms with Crippen LogP contribution < -0.4 is 5.32 Å². The molecule has 2 aliphatic heterocycles. The van der Waals surface area contributed by atoms with E-state index in [0.717, 1.165) is 32.7 Å². The van der Waals surface area contributed by atoms with Gasteiger partial charge in [-0.25, -0.2) is 0 Å². The Balaban J connectivity index is 1.49. The molecule has 25 heavy (non-hydrogen) atoms. The fourth-order valence-electron chi connectivity index (χ4n) is 4.60. The maximum atomic E-state index is 11.0. The van der Waals surface area contributed by atoms with Crippen LogP contribution in [0.5, 0.6) is 0 Å². The van der Waals surface area contributed by atoms with Crippen LogP contribution >= 0.6 is 0 Å². The maximum absolute atomic E-state index is 11.0. The quantitative estimate of drug-likeness (QED) is 0.893. The van der Waals surface area contributed by atoms with Gasteiger partial charge in [0.15, 0.2) is 0 Å². The molecule has 1 fully saturated rings. The molecule has 0 spiro atoms. The number of aliphatic hydroxyl groups excluding tert-OH is 1. The highest BCUT2D eigenvalue weighted by Gasteiger charge is 2.33. The smallest absolute Gasteiger partial charge is 0.123 e. The third-order valence-corrected chi connectivity index (χ3v) is 5.84. The Morgan fingerprint density at radius 1 is 1.08 bits per heavy atom. The molecule has 136 valence electrons. The van der Waals surface area contributed by atoms with E-state index in [4.69, 9.17) is 0 Å². The van der Waals surface area contributed by atoms with Gasteiger partial charge in [0.05, 0.1) is 0 Å². The van der Waals surface area contributed by atoms with Crippen molar-refractivity contribution in [2.45, 2.75) is 58.2 Å². The number of nitrogens with one attached hydrogen (secondary N) is 1. The number of aromatic nitrogens is 1. The monoisotopic (exact) mass is 342 g/mol. The Kier molecular flexibility index (Phi) is 4.58. The van der Waals surface area contributed by atoms with E-state index in [-0.39, 0.29) is 6.04 Å². The molecule has 2 N–H and O–H groups in total. The minimum Gasteiger partial charge on any atom is -0.377 e. The van der Waals surface area contributed by atoms with Crippen molar-refractivity contribution < 1.29 is 5.11 Å². The molecule has 0 radical (unpaired) electrons. The van der Waals surface area contributed by atoms with Gasteiger partial charge < -0.3 is 15.0 Å². The minimum absolute atomic E-state index is 0.142. The van der Waals surface area contributed by atoms with Gasteiger partial charge in [-0.1, -0.05) is 18.2 Å². The van der Waals surface area contributed by atoms with Crippen molar-refractivity contribution in [1.29, 1.82) is 0 Å². The van der Waals surface area contributed by atoms with Crippen LogP contribution in [0.25, 0.3) is 10.9 Å². The van der Waals surface area contributed by atoms with Crippen LogP contribution in [0.3, 0.4) is 0 Å². The van der Waals surface area contributed by atoms with Crippen LogP contribution in [0.15, 0.2) is 30.3 Å². The van der Waals surface area contributed by atoms with E-state index >= 15 is 0 Å². The molecule has 1 aromatic carbocycles. The molecule has 4 atom stereocenters. The SMILES string of the molecule is CC(C(O)N1CCn2c(cc3ccccc32)C1)N1C[C@@H](C)N[C@@H](C)C1. The minimum atomic E-state index is -0.427.